The number of sulfone groups is 1. The van der Waals surface area contributed by atoms with Gasteiger partial charge in [0.1, 0.15) is 0 Å². The van der Waals surface area contributed by atoms with Crippen LogP contribution in [-0.2, 0) is 9.84 Å². The third kappa shape index (κ3) is 3.10. The number of rotatable bonds is 2. The molecule has 1 saturated heterocycles. The molecule has 3 heterocycles. The van der Waals surface area contributed by atoms with Gasteiger partial charge < -0.3 is 10.6 Å². The highest BCUT2D eigenvalue weighted by molar-refractivity contribution is 7.91. The zero-order chi connectivity index (χ0) is 14.9. The summed E-state index contributed by atoms with van der Waals surface area (Å²) in [6, 6.07) is 1.75. The van der Waals surface area contributed by atoms with E-state index in [2.05, 4.69) is 20.1 Å². The number of aromatic nitrogens is 5. The van der Waals surface area contributed by atoms with Crippen LogP contribution in [0, 0.1) is 0 Å². The molecule has 0 atom stereocenters. The van der Waals surface area contributed by atoms with Gasteiger partial charge in [0.15, 0.2) is 9.84 Å². The molecule has 1 fully saturated rings. The normalized spacial score (nSPS) is 18.4. The van der Waals surface area contributed by atoms with Gasteiger partial charge in [-0.2, -0.15) is 20.1 Å². The van der Waals surface area contributed by atoms with E-state index >= 15 is 0 Å². The van der Waals surface area contributed by atoms with E-state index in [1.54, 1.807) is 18.5 Å². The minimum Gasteiger partial charge on any atom is -0.368 e. The molecule has 0 unspecified atom stereocenters. The standard InChI is InChI=1S/C11H15N7O2S/c12-9-14-10(16-11(15-9)18-5-1-3-13-18)17-4-2-7-21(19,20)8-6-17/h1,3,5H,2,4,6-8H2,(H2,12,14,15,16). The summed E-state index contributed by atoms with van der Waals surface area (Å²) in [4.78, 5) is 14.3. The molecule has 0 spiro atoms. The molecule has 2 N–H and O–H groups in total. The first-order valence-corrected chi connectivity index (χ1v) is 8.33. The Hall–Kier alpha value is -2.23. The third-order valence-electron chi connectivity index (χ3n) is 3.18. The number of nitrogen functional groups attached to an aromatic ring is 1. The van der Waals surface area contributed by atoms with Crippen LogP contribution in [0.4, 0.5) is 11.9 Å². The Morgan fingerprint density at radius 2 is 1.90 bits per heavy atom. The van der Waals surface area contributed by atoms with Crippen LogP contribution in [0.25, 0.3) is 5.95 Å². The van der Waals surface area contributed by atoms with Gasteiger partial charge in [0.05, 0.1) is 11.5 Å². The molecule has 0 radical (unpaired) electrons. The fraction of sp³-hybridized carbons (Fsp3) is 0.455. The predicted octanol–water partition coefficient (Wildman–Crippen LogP) is -0.736. The highest BCUT2D eigenvalue weighted by Gasteiger charge is 2.21. The third-order valence-corrected chi connectivity index (χ3v) is 4.89. The lowest BCUT2D eigenvalue weighted by Crippen LogP contribution is -2.29. The predicted molar refractivity (Wildman–Crippen MR) is 76.8 cm³/mol. The van der Waals surface area contributed by atoms with E-state index in [9.17, 15) is 8.42 Å². The van der Waals surface area contributed by atoms with E-state index in [-0.39, 0.29) is 17.5 Å². The second-order valence-corrected chi connectivity index (χ2v) is 7.04. The highest BCUT2D eigenvalue weighted by Crippen LogP contribution is 2.14. The highest BCUT2D eigenvalue weighted by atomic mass is 32.2. The molecule has 2 aromatic rings. The molecular formula is C11H15N7O2S. The van der Waals surface area contributed by atoms with Crippen molar-refractivity contribution in [1.82, 2.24) is 24.7 Å². The quantitative estimate of drug-likeness (QED) is 0.770. The van der Waals surface area contributed by atoms with E-state index in [4.69, 9.17) is 5.73 Å². The van der Waals surface area contributed by atoms with Crippen LogP contribution in [0.1, 0.15) is 6.42 Å². The van der Waals surface area contributed by atoms with Crippen LogP contribution in [-0.4, -0.2) is 57.7 Å². The molecule has 0 bridgehead atoms. The molecule has 2 aromatic heterocycles. The van der Waals surface area contributed by atoms with Crippen molar-refractivity contribution in [2.45, 2.75) is 6.42 Å². The second-order valence-electron chi connectivity index (χ2n) is 4.74. The Morgan fingerprint density at radius 3 is 2.67 bits per heavy atom. The van der Waals surface area contributed by atoms with Gasteiger partial charge in [-0.1, -0.05) is 0 Å². The van der Waals surface area contributed by atoms with Gasteiger partial charge in [-0.25, -0.2) is 13.1 Å². The van der Waals surface area contributed by atoms with Crippen LogP contribution in [0.3, 0.4) is 0 Å². The van der Waals surface area contributed by atoms with Crippen molar-refractivity contribution in [3.63, 3.8) is 0 Å². The maximum atomic E-state index is 11.6. The van der Waals surface area contributed by atoms with Gasteiger partial charge in [0.2, 0.25) is 11.9 Å². The summed E-state index contributed by atoms with van der Waals surface area (Å²) in [6.45, 7) is 0.922. The molecule has 0 saturated carbocycles. The van der Waals surface area contributed by atoms with Crippen molar-refractivity contribution in [2.75, 3.05) is 35.2 Å². The lowest BCUT2D eigenvalue weighted by molar-refractivity contribution is 0.597. The molecule has 3 rings (SSSR count). The fourth-order valence-corrected chi connectivity index (χ4v) is 3.41. The summed E-state index contributed by atoms with van der Waals surface area (Å²) in [5, 5.41) is 4.05. The van der Waals surface area contributed by atoms with Crippen molar-refractivity contribution in [2.24, 2.45) is 0 Å². The van der Waals surface area contributed by atoms with Gasteiger partial charge in [-0.15, -0.1) is 0 Å². The van der Waals surface area contributed by atoms with E-state index in [1.807, 2.05) is 4.90 Å². The van der Waals surface area contributed by atoms with Crippen molar-refractivity contribution < 1.29 is 8.42 Å². The van der Waals surface area contributed by atoms with Gasteiger partial charge >= 0.3 is 0 Å². The van der Waals surface area contributed by atoms with Crippen LogP contribution in [0.2, 0.25) is 0 Å². The number of hydrogen-bond acceptors (Lipinski definition) is 8. The molecule has 0 amide bonds. The first kappa shape index (κ1) is 13.7. The van der Waals surface area contributed by atoms with Gasteiger partial charge in [-0.05, 0) is 12.5 Å². The molecule has 1 aliphatic heterocycles. The average molecular weight is 309 g/mol. The lowest BCUT2D eigenvalue weighted by atomic mass is 10.4. The monoisotopic (exact) mass is 309 g/mol. The topological polar surface area (TPSA) is 120 Å². The summed E-state index contributed by atoms with van der Waals surface area (Å²) < 4.78 is 24.8. The number of nitrogens with two attached hydrogens (primary N) is 1. The molecule has 21 heavy (non-hydrogen) atoms. The first-order valence-electron chi connectivity index (χ1n) is 6.50. The van der Waals surface area contributed by atoms with Crippen molar-refractivity contribution in [3.8, 4) is 5.95 Å². The van der Waals surface area contributed by atoms with Crippen LogP contribution >= 0.6 is 0 Å². The maximum absolute atomic E-state index is 11.6. The summed E-state index contributed by atoms with van der Waals surface area (Å²) in [5.74, 6) is 1.06. The van der Waals surface area contributed by atoms with E-state index in [0.717, 1.165) is 0 Å². The lowest BCUT2D eigenvalue weighted by Gasteiger charge is -2.19. The molecular weight excluding hydrogens is 294 g/mol. The second kappa shape index (κ2) is 5.28. The van der Waals surface area contributed by atoms with E-state index < -0.39 is 9.84 Å². The summed E-state index contributed by atoms with van der Waals surface area (Å²) in [6.07, 6.45) is 3.86. The zero-order valence-corrected chi connectivity index (χ0v) is 12.1. The van der Waals surface area contributed by atoms with Gasteiger partial charge in [0.25, 0.3) is 5.95 Å². The Kier molecular flexibility index (Phi) is 3.45. The smallest absolute Gasteiger partial charge is 0.257 e. The Morgan fingerprint density at radius 1 is 1.10 bits per heavy atom. The van der Waals surface area contributed by atoms with E-state index in [0.29, 0.717) is 31.4 Å². The van der Waals surface area contributed by atoms with Crippen molar-refractivity contribution in [3.05, 3.63) is 18.5 Å². The number of anilines is 2. The van der Waals surface area contributed by atoms with Crippen molar-refractivity contribution in [1.29, 1.82) is 0 Å². The first-order chi connectivity index (χ1) is 10.0. The fourth-order valence-electron chi connectivity index (χ4n) is 2.14. The van der Waals surface area contributed by atoms with E-state index in [1.165, 1.54) is 4.68 Å². The van der Waals surface area contributed by atoms with Crippen LogP contribution < -0.4 is 10.6 Å². The minimum absolute atomic E-state index is 0.0811. The van der Waals surface area contributed by atoms with Gasteiger partial charge in [-0.3, -0.25) is 0 Å². The van der Waals surface area contributed by atoms with Crippen molar-refractivity contribution >= 4 is 21.7 Å². The Labute approximate surface area is 121 Å². The maximum Gasteiger partial charge on any atom is 0.257 e. The summed E-state index contributed by atoms with van der Waals surface area (Å²) in [5.41, 5.74) is 5.72. The Bertz CT molecular complexity index is 729. The molecule has 1 aliphatic rings. The minimum atomic E-state index is -2.99. The largest absolute Gasteiger partial charge is 0.368 e. The van der Waals surface area contributed by atoms with Gasteiger partial charge in [0, 0.05) is 25.5 Å². The summed E-state index contributed by atoms with van der Waals surface area (Å²) in [7, 11) is -2.99. The Balaban J connectivity index is 1.92. The molecule has 0 aliphatic carbocycles. The van der Waals surface area contributed by atoms with Crippen LogP contribution in [0.15, 0.2) is 18.5 Å². The molecule has 9 nitrogen and oxygen atoms in total. The number of nitrogens with zero attached hydrogens (tertiary/aromatic N) is 6. The molecule has 112 valence electrons. The van der Waals surface area contributed by atoms with Crippen LogP contribution in [0.5, 0.6) is 0 Å². The molecule has 10 heteroatoms. The molecule has 0 aromatic carbocycles. The summed E-state index contributed by atoms with van der Waals surface area (Å²) >= 11 is 0. The SMILES string of the molecule is Nc1nc(N2CCCS(=O)(=O)CC2)nc(-n2cccn2)n1. The zero-order valence-electron chi connectivity index (χ0n) is 11.3. The number of hydrogen-bond donors (Lipinski definition) is 1. The average Bonchev–Trinajstić information content (AvgIpc) is 2.89.